The maximum absolute atomic E-state index is 13.1. The van der Waals surface area contributed by atoms with Gasteiger partial charge in [-0.05, 0) is 36.2 Å². The first-order valence-corrected chi connectivity index (χ1v) is 5.61. The van der Waals surface area contributed by atoms with E-state index in [1.54, 1.807) is 19.2 Å². The molecule has 0 bridgehead atoms. The number of aryl methyl sites for hydroxylation is 1. The summed E-state index contributed by atoms with van der Waals surface area (Å²) in [6.45, 7) is 3.21. The number of hydrogen-bond acceptors (Lipinski definition) is 2. The van der Waals surface area contributed by atoms with Crippen molar-refractivity contribution in [1.29, 1.82) is 0 Å². The predicted octanol–water partition coefficient (Wildman–Crippen LogP) is 2.82. The summed E-state index contributed by atoms with van der Waals surface area (Å²) in [6, 6.07) is 11.0. The Kier molecular flexibility index (Phi) is 3.83. The lowest BCUT2D eigenvalue weighted by molar-refractivity contribution is 0.615. The van der Waals surface area contributed by atoms with Crippen molar-refractivity contribution >= 4 is 0 Å². The summed E-state index contributed by atoms with van der Waals surface area (Å²) in [5, 5.41) is 3.28. The zero-order chi connectivity index (χ0) is 12.1. The van der Waals surface area contributed by atoms with E-state index in [4.69, 9.17) is 0 Å². The molecule has 0 aliphatic carbocycles. The molecule has 88 valence electrons. The van der Waals surface area contributed by atoms with Crippen LogP contribution in [0.4, 0.5) is 4.39 Å². The van der Waals surface area contributed by atoms with Crippen molar-refractivity contribution in [2.75, 3.05) is 0 Å². The van der Waals surface area contributed by atoms with Gasteiger partial charge in [0.1, 0.15) is 5.82 Å². The van der Waals surface area contributed by atoms with Crippen LogP contribution in [0.2, 0.25) is 0 Å². The molecule has 0 radical (unpaired) electrons. The van der Waals surface area contributed by atoms with E-state index in [1.165, 1.54) is 6.07 Å². The SMILES string of the molecule is Cc1cc(CNCc2ccccn2)ccc1F. The molecule has 0 unspecified atom stereocenters. The molecule has 1 aromatic carbocycles. The van der Waals surface area contributed by atoms with Gasteiger partial charge in [0.15, 0.2) is 0 Å². The molecule has 0 saturated carbocycles. The highest BCUT2D eigenvalue weighted by molar-refractivity contribution is 5.23. The van der Waals surface area contributed by atoms with Gasteiger partial charge < -0.3 is 5.32 Å². The number of benzene rings is 1. The highest BCUT2D eigenvalue weighted by Crippen LogP contribution is 2.09. The predicted molar refractivity (Wildman–Crippen MR) is 65.9 cm³/mol. The number of hydrogen-bond donors (Lipinski definition) is 1. The quantitative estimate of drug-likeness (QED) is 0.873. The Morgan fingerprint density at radius 2 is 2.06 bits per heavy atom. The highest BCUT2D eigenvalue weighted by Gasteiger charge is 1.99. The summed E-state index contributed by atoms with van der Waals surface area (Å²) >= 11 is 0. The molecule has 0 aliphatic heterocycles. The Bertz CT molecular complexity index is 483. The first kappa shape index (κ1) is 11.7. The number of nitrogens with one attached hydrogen (secondary N) is 1. The Balaban J connectivity index is 1.88. The van der Waals surface area contributed by atoms with Crippen LogP contribution in [0, 0.1) is 12.7 Å². The zero-order valence-electron chi connectivity index (χ0n) is 9.78. The van der Waals surface area contributed by atoms with Crippen molar-refractivity contribution in [1.82, 2.24) is 10.3 Å². The van der Waals surface area contributed by atoms with Crippen molar-refractivity contribution in [2.45, 2.75) is 20.0 Å². The van der Waals surface area contributed by atoms with Crippen LogP contribution in [0.15, 0.2) is 42.6 Å². The smallest absolute Gasteiger partial charge is 0.126 e. The van der Waals surface area contributed by atoms with Crippen LogP contribution in [0.3, 0.4) is 0 Å². The number of halogens is 1. The number of pyridine rings is 1. The molecular formula is C14H15FN2. The van der Waals surface area contributed by atoms with E-state index < -0.39 is 0 Å². The second-order valence-electron chi connectivity index (χ2n) is 4.01. The van der Waals surface area contributed by atoms with Crippen LogP contribution < -0.4 is 5.32 Å². The maximum atomic E-state index is 13.1. The fraction of sp³-hybridized carbons (Fsp3) is 0.214. The van der Waals surface area contributed by atoms with E-state index >= 15 is 0 Å². The molecule has 2 nitrogen and oxygen atoms in total. The van der Waals surface area contributed by atoms with E-state index in [0.717, 1.165) is 24.3 Å². The van der Waals surface area contributed by atoms with Gasteiger partial charge >= 0.3 is 0 Å². The van der Waals surface area contributed by atoms with Gasteiger partial charge in [-0.25, -0.2) is 4.39 Å². The average molecular weight is 230 g/mol. The summed E-state index contributed by atoms with van der Waals surface area (Å²) < 4.78 is 13.1. The standard InChI is InChI=1S/C14H15FN2/c1-11-8-12(5-6-14(11)15)9-16-10-13-4-2-3-7-17-13/h2-8,16H,9-10H2,1H3. The topological polar surface area (TPSA) is 24.9 Å². The minimum absolute atomic E-state index is 0.154. The summed E-state index contributed by atoms with van der Waals surface area (Å²) in [4.78, 5) is 4.22. The Morgan fingerprint density at radius 3 is 2.76 bits per heavy atom. The molecule has 1 aromatic heterocycles. The van der Waals surface area contributed by atoms with Gasteiger partial charge in [-0.3, -0.25) is 4.98 Å². The monoisotopic (exact) mass is 230 g/mol. The lowest BCUT2D eigenvalue weighted by Crippen LogP contribution is -2.13. The molecule has 3 heteroatoms. The number of rotatable bonds is 4. The third-order valence-electron chi connectivity index (χ3n) is 2.58. The van der Waals surface area contributed by atoms with Gasteiger partial charge in [0.25, 0.3) is 0 Å². The number of nitrogens with zero attached hydrogens (tertiary/aromatic N) is 1. The van der Waals surface area contributed by atoms with Gasteiger partial charge in [-0.1, -0.05) is 18.2 Å². The molecule has 0 saturated heterocycles. The molecule has 17 heavy (non-hydrogen) atoms. The fourth-order valence-electron chi connectivity index (χ4n) is 1.65. The lowest BCUT2D eigenvalue weighted by Gasteiger charge is -2.05. The van der Waals surface area contributed by atoms with Crippen LogP contribution in [0.1, 0.15) is 16.8 Å². The summed E-state index contributed by atoms with van der Waals surface area (Å²) in [5.41, 5.74) is 2.77. The average Bonchev–Trinajstić information content (AvgIpc) is 2.35. The maximum Gasteiger partial charge on any atom is 0.126 e. The first-order chi connectivity index (χ1) is 8.25. The van der Waals surface area contributed by atoms with Gasteiger partial charge in [0, 0.05) is 19.3 Å². The van der Waals surface area contributed by atoms with Gasteiger partial charge in [0.2, 0.25) is 0 Å². The highest BCUT2D eigenvalue weighted by atomic mass is 19.1. The summed E-state index contributed by atoms with van der Waals surface area (Å²) in [5.74, 6) is -0.154. The largest absolute Gasteiger partial charge is 0.307 e. The van der Waals surface area contributed by atoms with Crippen molar-refractivity contribution in [3.63, 3.8) is 0 Å². The van der Waals surface area contributed by atoms with Crippen molar-refractivity contribution < 1.29 is 4.39 Å². The Hall–Kier alpha value is -1.74. The molecule has 1 heterocycles. The Labute approximate surface area is 101 Å². The lowest BCUT2D eigenvalue weighted by atomic mass is 10.1. The minimum atomic E-state index is -0.154. The van der Waals surface area contributed by atoms with Crippen molar-refractivity contribution in [3.05, 3.63) is 65.2 Å². The zero-order valence-corrected chi connectivity index (χ0v) is 9.78. The first-order valence-electron chi connectivity index (χ1n) is 5.61. The molecular weight excluding hydrogens is 215 g/mol. The van der Waals surface area contributed by atoms with E-state index in [2.05, 4.69) is 10.3 Å². The summed E-state index contributed by atoms with van der Waals surface area (Å²) in [7, 11) is 0. The van der Waals surface area contributed by atoms with E-state index in [0.29, 0.717) is 5.56 Å². The van der Waals surface area contributed by atoms with Crippen LogP contribution >= 0.6 is 0 Å². The molecule has 0 aliphatic rings. The normalized spacial score (nSPS) is 10.5. The molecule has 0 atom stereocenters. The third-order valence-corrected chi connectivity index (χ3v) is 2.58. The third kappa shape index (κ3) is 3.36. The van der Waals surface area contributed by atoms with Crippen molar-refractivity contribution in [3.8, 4) is 0 Å². The molecule has 2 rings (SSSR count). The van der Waals surface area contributed by atoms with E-state index in [-0.39, 0.29) is 5.82 Å². The molecule has 1 N–H and O–H groups in total. The second kappa shape index (κ2) is 5.55. The van der Waals surface area contributed by atoms with Crippen LogP contribution in [-0.4, -0.2) is 4.98 Å². The van der Waals surface area contributed by atoms with E-state index in [9.17, 15) is 4.39 Å². The van der Waals surface area contributed by atoms with Gasteiger partial charge in [-0.2, -0.15) is 0 Å². The van der Waals surface area contributed by atoms with E-state index in [1.807, 2.05) is 24.3 Å². The molecule has 0 fully saturated rings. The fourth-order valence-corrected chi connectivity index (χ4v) is 1.65. The van der Waals surface area contributed by atoms with Crippen molar-refractivity contribution in [2.24, 2.45) is 0 Å². The molecule has 0 spiro atoms. The van der Waals surface area contributed by atoms with Crippen LogP contribution in [-0.2, 0) is 13.1 Å². The molecule has 2 aromatic rings. The Morgan fingerprint density at radius 1 is 1.18 bits per heavy atom. The van der Waals surface area contributed by atoms with Crippen LogP contribution in [0.25, 0.3) is 0 Å². The summed E-state index contributed by atoms with van der Waals surface area (Å²) in [6.07, 6.45) is 1.78. The van der Waals surface area contributed by atoms with Gasteiger partial charge in [0.05, 0.1) is 5.69 Å². The van der Waals surface area contributed by atoms with Crippen LogP contribution in [0.5, 0.6) is 0 Å². The minimum Gasteiger partial charge on any atom is -0.307 e. The molecule has 0 amide bonds. The van der Waals surface area contributed by atoms with Gasteiger partial charge in [-0.15, -0.1) is 0 Å². The number of aromatic nitrogens is 1. The second-order valence-corrected chi connectivity index (χ2v) is 4.01.